The maximum absolute atomic E-state index is 12.6. The quantitative estimate of drug-likeness (QED) is 0.886. The van der Waals surface area contributed by atoms with Crippen LogP contribution in [0.1, 0.15) is 29.3 Å². The number of aromatic nitrogens is 2. The van der Waals surface area contributed by atoms with Gasteiger partial charge in [0.25, 0.3) is 5.91 Å². The molecule has 26 heavy (non-hydrogen) atoms. The minimum Gasteiger partial charge on any atom is -0.366 e. The third-order valence-corrected chi connectivity index (χ3v) is 4.70. The lowest BCUT2D eigenvalue weighted by atomic mass is 10.2. The van der Waals surface area contributed by atoms with Gasteiger partial charge in [-0.1, -0.05) is 6.07 Å². The zero-order valence-electron chi connectivity index (χ0n) is 15.1. The van der Waals surface area contributed by atoms with E-state index in [-0.39, 0.29) is 17.9 Å². The number of anilines is 1. The lowest BCUT2D eigenvalue weighted by Gasteiger charge is -2.23. The molecule has 0 saturated carbocycles. The smallest absolute Gasteiger partial charge is 0.255 e. The van der Waals surface area contributed by atoms with Crippen LogP contribution in [0.15, 0.2) is 42.9 Å². The maximum atomic E-state index is 12.6. The monoisotopic (exact) mass is 353 g/mol. The summed E-state index contributed by atoms with van der Waals surface area (Å²) in [6.45, 7) is 3.39. The van der Waals surface area contributed by atoms with Gasteiger partial charge in [-0.3, -0.25) is 14.6 Å². The van der Waals surface area contributed by atoms with E-state index in [1.165, 1.54) is 0 Å². The summed E-state index contributed by atoms with van der Waals surface area (Å²) in [5, 5.41) is 3.21. The predicted octanol–water partition coefficient (Wildman–Crippen LogP) is 1.78. The van der Waals surface area contributed by atoms with Crippen molar-refractivity contribution < 1.29 is 9.59 Å². The Morgan fingerprint density at radius 1 is 1.31 bits per heavy atom. The Bertz CT molecular complexity index is 763. The van der Waals surface area contributed by atoms with Crippen molar-refractivity contribution in [2.45, 2.75) is 25.9 Å². The zero-order chi connectivity index (χ0) is 18.5. The first-order chi connectivity index (χ1) is 12.5. The number of pyridine rings is 2. The summed E-state index contributed by atoms with van der Waals surface area (Å²) in [5.41, 5.74) is 1.62. The van der Waals surface area contributed by atoms with Gasteiger partial charge in [0.1, 0.15) is 5.82 Å². The molecule has 1 atom stereocenters. The molecule has 1 aliphatic rings. The molecule has 0 unspecified atom stereocenters. The van der Waals surface area contributed by atoms with Gasteiger partial charge in [-0.25, -0.2) is 4.98 Å². The molecule has 7 nitrogen and oxygen atoms in total. The van der Waals surface area contributed by atoms with Crippen molar-refractivity contribution in [3.05, 3.63) is 54.0 Å². The Morgan fingerprint density at radius 3 is 2.81 bits per heavy atom. The molecule has 0 bridgehead atoms. The largest absolute Gasteiger partial charge is 0.366 e. The lowest BCUT2D eigenvalue weighted by molar-refractivity contribution is -0.129. The van der Waals surface area contributed by atoms with Crippen molar-refractivity contribution in [3.63, 3.8) is 0 Å². The Hall–Kier alpha value is -2.96. The van der Waals surface area contributed by atoms with Gasteiger partial charge in [-0.15, -0.1) is 0 Å². The van der Waals surface area contributed by atoms with E-state index in [1.54, 1.807) is 54.5 Å². The van der Waals surface area contributed by atoms with Crippen molar-refractivity contribution in [2.24, 2.45) is 0 Å². The molecular weight excluding hydrogens is 330 g/mol. The lowest BCUT2D eigenvalue weighted by Crippen LogP contribution is -2.38. The fraction of sp³-hybridized carbons (Fsp3) is 0.368. The third kappa shape index (κ3) is 4.17. The van der Waals surface area contributed by atoms with E-state index in [2.05, 4.69) is 15.3 Å². The van der Waals surface area contributed by atoms with Gasteiger partial charge >= 0.3 is 0 Å². The first kappa shape index (κ1) is 17.8. The average Bonchev–Trinajstić information content (AvgIpc) is 3.16. The number of nitrogens with one attached hydrogen (secondary N) is 1. The molecule has 7 heteroatoms. The molecule has 0 radical (unpaired) electrons. The van der Waals surface area contributed by atoms with Crippen LogP contribution in [0.4, 0.5) is 5.82 Å². The van der Waals surface area contributed by atoms with Crippen molar-refractivity contribution in [1.82, 2.24) is 19.8 Å². The van der Waals surface area contributed by atoms with Crippen LogP contribution in [-0.4, -0.2) is 57.8 Å². The number of amides is 2. The number of carbonyl (C=O) groups is 2. The normalized spacial score (nSPS) is 16.4. The molecule has 1 aliphatic heterocycles. The molecule has 1 fully saturated rings. The molecule has 3 rings (SSSR count). The Balaban J connectivity index is 1.56. The van der Waals surface area contributed by atoms with Crippen LogP contribution in [-0.2, 0) is 11.3 Å². The highest BCUT2D eigenvalue weighted by atomic mass is 16.2. The molecule has 1 N–H and O–H groups in total. The van der Waals surface area contributed by atoms with Gasteiger partial charge in [-0.2, -0.15) is 0 Å². The SMILES string of the molecule is CC(=O)N(C)[C@H]1CCN(C(=O)c2ccc(NCc3cccnc3)nc2)C1. The van der Waals surface area contributed by atoms with Gasteiger partial charge in [0.15, 0.2) is 0 Å². The molecule has 2 amide bonds. The number of likely N-dealkylation sites (N-methyl/N-ethyl adjacent to an activating group) is 1. The summed E-state index contributed by atoms with van der Waals surface area (Å²) < 4.78 is 0. The Labute approximate surface area is 153 Å². The summed E-state index contributed by atoms with van der Waals surface area (Å²) >= 11 is 0. The molecule has 0 spiro atoms. The first-order valence-electron chi connectivity index (χ1n) is 8.66. The Kier molecular flexibility index (Phi) is 5.46. The predicted molar refractivity (Wildman–Crippen MR) is 98.6 cm³/mol. The number of hydrogen-bond donors (Lipinski definition) is 1. The highest BCUT2D eigenvalue weighted by molar-refractivity contribution is 5.94. The van der Waals surface area contributed by atoms with Crippen molar-refractivity contribution in [1.29, 1.82) is 0 Å². The van der Waals surface area contributed by atoms with Crippen LogP contribution in [0.3, 0.4) is 0 Å². The maximum Gasteiger partial charge on any atom is 0.255 e. The second-order valence-corrected chi connectivity index (χ2v) is 6.47. The van der Waals surface area contributed by atoms with Crippen LogP contribution >= 0.6 is 0 Å². The van der Waals surface area contributed by atoms with Gasteiger partial charge in [0, 0.05) is 52.2 Å². The molecule has 3 heterocycles. The van der Waals surface area contributed by atoms with Crippen LogP contribution < -0.4 is 5.32 Å². The third-order valence-electron chi connectivity index (χ3n) is 4.70. The fourth-order valence-electron chi connectivity index (χ4n) is 3.00. The summed E-state index contributed by atoms with van der Waals surface area (Å²) in [6, 6.07) is 7.55. The zero-order valence-corrected chi connectivity index (χ0v) is 15.1. The summed E-state index contributed by atoms with van der Waals surface area (Å²) in [5.74, 6) is 0.687. The van der Waals surface area contributed by atoms with Crippen LogP contribution in [0.2, 0.25) is 0 Å². The van der Waals surface area contributed by atoms with E-state index in [9.17, 15) is 9.59 Å². The minimum atomic E-state index is -0.0456. The molecule has 136 valence electrons. The van der Waals surface area contributed by atoms with Crippen LogP contribution in [0.25, 0.3) is 0 Å². The van der Waals surface area contributed by atoms with E-state index >= 15 is 0 Å². The fourth-order valence-corrected chi connectivity index (χ4v) is 3.00. The highest BCUT2D eigenvalue weighted by Gasteiger charge is 2.30. The molecule has 1 saturated heterocycles. The van der Waals surface area contributed by atoms with Crippen LogP contribution in [0, 0.1) is 0 Å². The van der Waals surface area contributed by atoms with E-state index in [1.807, 2.05) is 12.1 Å². The minimum absolute atomic E-state index is 0.0232. The standard InChI is InChI=1S/C19H23N5O2/c1-14(25)23(2)17-7-9-24(13-17)19(26)16-5-6-18(22-12-16)21-11-15-4-3-8-20-10-15/h3-6,8,10,12,17H,7,9,11,13H2,1-2H3,(H,21,22)/t17-/m0/s1. The van der Waals surface area contributed by atoms with Crippen LogP contribution in [0.5, 0.6) is 0 Å². The topological polar surface area (TPSA) is 78.4 Å². The number of nitrogens with zero attached hydrogens (tertiary/aromatic N) is 4. The van der Waals surface area contributed by atoms with E-state index in [0.29, 0.717) is 31.0 Å². The second-order valence-electron chi connectivity index (χ2n) is 6.47. The van der Waals surface area contributed by atoms with Gasteiger partial charge in [0.05, 0.1) is 11.6 Å². The van der Waals surface area contributed by atoms with Gasteiger partial charge in [-0.05, 0) is 30.2 Å². The molecule has 2 aromatic heterocycles. The number of rotatable bonds is 5. The molecular formula is C19H23N5O2. The van der Waals surface area contributed by atoms with Gasteiger partial charge < -0.3 is 15.1 Å². The summed E-state index contributed by atoms with van der Waals surface area (Å²) in [7, 11) is 1.78. The molecule has 0 aromatic carbocycles. The summed E-state index contributed by atoms with van der Waals surface area (Å²) in [6.07, 6.45) is 5.93. The van der Waals surface area contributed by atoms with E-state index < -0.39 is 0 Å². The Morgan fingerprint density at radius 2 is 2.15 bits per heavy atom. The van der Waals surface area contributed by atoms with E-state index in [4.69, 9.17) is 0 Å². The molecule has 2 aromatic rings. The van der Waals surface area contributed by atoms with Crippen molar-refractivity contribution in [2.75, 3.05) is 25.5 Å². The van der Waals surface area contributed by atoms with Crippen molar-refractivity contribution >= 4 is 17.6 Å². The molecule has 0 aliphatic carbocycles. The van der Waals surface area contributed by atoms with E-state index in [0.717, 1.165) is 12.0 Å². The number of hydrogen-bond acceptors (Lipinski definition) is 5. The number of carbonyl (C=O) groups excluding carboxylic acids is 2. The van der Waals surface area contributed by atoms with Crippen molar-refractivity contribution in [3.8, 4) is 0 Å². The number of likely N-dealkylation sites (tertiary alicyclic amines) is 1. The second kappa shape index (κ2) is 7.95. The summed E-state index contributed by atoms with van der Waals surface area (Å²) in [4.78, 5) is 36.0. The van der Waals surface area contributed by atoms with Gasteiger partial charge in [0.2, 0.25) is 5.91 Å². The first-order valence-corrected chi connectivity index (χ1v) is 8.66. The average molecular weight is 353 g/mol. The highest BCUT2D eigenvalue weighted by Crippen LogP contribution is 2.18.